The van der Waals surface area contributed by atoms with E-state index in [1.807, 2.05) is 24.3 Å². The van der Waals surface area contributed by atoms with Crippen LogP contribution in [0, 0.1) is 5.41 Å². The van der Waals surface area contributed by atoms with Gasteiger partial charge in [0.1, 0.15) is 0 Å². The van der Waals surface area contributed by atoms with Crippen LogP contribution in [0.5, 0.6) is 0 Å². The van der Waals surface area contributed by atoms with Crippen LogP contribution in [-0.2, 0) is 11.2 Å². The maximum Gasteiger partial charge on any atom is 0.220 e. The highest BCUT2D eigenvalue weighted by Gasteiger charge is 2.10. The summed E-state index contributed by atoms with van der Waals surface area (Å²) in [6, 6.07) is 7.78. The molecule has 0 saturated carbocycles. The molecule has 0 fully saturated rings. The van der Waals surface area contributed by atoms with Crippen molar-refractivity contribution in [2.75, 3.05) is 12.3 Å². The van der Waals surface area contributed by atoms with Crippen LogP contribution < -0.4 is 11.1 Å². The van der Waals surface area contributed by atoms with E-state index in [-0.39, 0.29) is 18.3 Å². The molecular formula is C16H27ClN2O. The standard InChI is InChI=1S/C16H26N2O.ClH/c1-16(2,3)11-4-5-15(19)18-12-10-13-6-8-14(17)9-7-13;/h6-9H,4-5,10-12,17H2,1-3H3,(H,18,19);1H. The Morgan fingerprint density at radius 2 is 1.80 bits per heavy atom. The Balaban J connectivity index is 0.00000361. The fourth-order valence-electron chi connectivity index (χ4n) is 1.90. The van der Waals surface area contributed by atoms with E-state index in [1.165, 1.54) is 5.56 Å². The summed E-state index contributed by atoms with van der Waals surface area (Å²) in [5.41, 5.74) is 7.90. The van der Waals surface area contributed by atoms with E-state index in [9.17, 15) is 4.79 Å². The van der Waals surface area contributed by atoms with Gasteiger partial charge in [0, 0.05) is 18.7 Å². The Morgan fingerprint density at radius 3 is 2.35 bits per heavy atom. The third kappa shape index (κ3) is 8.81. The number of hydrogen-bond donors (Lipinski definition) is 2. The molecule has 0 aliphatic rings. The zero-order valence-corrected chi connectivity index (χ0v) is 13.6. The van der Waals surface area contributed by atoms with Crippen molar-refractivity contribution in [1.29, 1.82) is 0 Å². The van der Waals surface area contributed by atoms with Crippen molar-refractivity contribution in [3.05, 3.63) is 29.8 Å². The molecule has 0 radical (unpaired) electrons. The summed E-state index contributed by atoms with van der Waals surface area (Å²) in [5.74, 6) is 0.152. The second-order valence-corrected chi connectivity index (χ2v) is 6.26. The van der Waals surface area contributed by atoms with Crippen LogP contribution >= 0.6 is 12.4 Å². The van der Waals surface area contributed by atoms with E-state index in [2.05, 4.69) is 26.1 Å². The van der Waals surface area contributed by atoms with Crippen LogP contribution in [0.4, 0.5) is 5.69 Å². The summed E-state index contributed by atoms with van der Waals surface area (Å²) in [4.78, 5) is 11.6. The number of benzene rings is 1. The van der Waals surface area contributed by atoms with Crippen LogP contribution in [0.3, 0.4) is 0 Å². The van der Waals surface area contributed by atoms with E-state index in [1.54, 1.807) is 0 Å². The second kappa shape index (κ2) is 8.85. The zero-order chi connectivity index (χ0) is 14.3. The Kier molecular flexibility index (Phi) is 8.31. The molecule has 0 aromatic heterocycles. The van der Waals surface area contributed by atoms with Crippen molar-refractivity contribution in [1.82, 2.24) is 5.32 Å². The van der Waals surface area contributed by atoms with Gasteiger partial charge in [-0.2, -0.15) is 0 Å². The smallest absolute Gasteiger partial charge is 0.220 e. The fourth-order valence-corrected chi connectivity index (χ4v) is 1.90. The van der Waals surface area contributed by atoms with Gasteiger partial charge in [0.2, 0.25) is 5.91 Å². The average molecular weight is 299 g/mol. The molecule has 0 aliphatic carbocycles. The molecule has 0 aliphatic heterocycles. The molecule has 1 amide bonds. The van der Waals surface area contributed by atoms with E-state index >= 15 is 0 Å². The predicted molar refractivity (Wildman–Crippen MR) is 88.1 cm³/mol. The lowest BCUT2D eigenvalue weighted by molar-refractivity contribution is -0.121. The summed E-state index contributed by atoms with van der Waals surface area (Å²) in [7, 11) is 0. The van der Waals surface area contributed by atoms with Gasteiger partial charge < -0.3 is 11.1 Å². The van der Waals surface area contributed by atoms with Crippen molar-refractivity contribution in [2.24, 2.45) is 5.41 Å². The summed E-state index contributed by atoms with van der Waals surface area (Å²) < 4.78 is 0. The van der Waals surface area contributed by atoms with Gasteiger partial charge in [0.15, 0.2) is 0 Å². The van der Waals surface area contributed by atoms with Gasteiger partial charge in [-0.1, -0.05) is 32.9 Å². The van der Waals surface area contributed by atoms with Crippen molar-refractivity contribution in [3.63, 3.8) is 0 Å². The Hall–Kier alpha value is -1.22. The van der Waals surface area contributed by atoms with Gasteiger partial charge in [0.05, 0.1) is 0 Å². The van der Waals surface area contributed by atoms with Gasteiger partial charge in [-0.05, 0) is 42.4 Å². The molecule has 1 aromatic carbocycles. The number of rotatable bonds is 6. The first kappa shape index (κ1) is 18.8. The zero-order valence-electron chi connectivity index (χ0n) is 12.7. The number of nitrogens with one attached hydrogen (secondary N) is 1. The SMILES string of the molecule is CC(C)(C)CCCC(=O)NCCc1ccc(N)cc1.Cl. The molecule has 1 rings (SSSR count). The summed E-state index contributed by atoms with van der Waals surface area (Å²) in [5, 5.41) is 2.96. The predicted octanol–water partition coefficient (Wildman–Crippen LogP) is 3.57. The molecule has 4 heteroatoms. The number of amides is 1. The summed E-state index contributed by atoms with van der Waals surface area (Å²) in [6.45, 7) is 7.29. The van der Waals surface area contributed by atoms with Crippen LogP contribution in [0.1, 0.15) is 45.6 Å². The lowest BCUT2D eigenvalue weighted by atomic mass is 9.90. The molecule has 1 aromatic rings. The first-order valence-corrected chi connectivity index (χ1v) is 6.98. The molecule has 0 heterocycles. The van der Waals surface area contributed by atoms with Crippen molar-refractivity contribution >= 4 is 24.0 Å². The molecule has 0 atom stereocenters. The number of halogens is 1. The van der Waals surface area contributed by atoms with Crippen molar-refractivity contribution < 1.29 is 4.79 Å². The van der Waals surface area contributed by atoms with Gasteiger partial charge >= 0.3 is 0 Å². The number of anilines is 1. The van der Waals surface area contributed by atoms with Gasteiger partial charge in [-0.15, -0.1) is 12.4 Å². The highest BCUT2D eigenvalue weighted by atomic mass is 35.5. The molecule has 20 heavy (non-hydrogen) atoms. The Morgan fingerprint density at radius 1 is 1.20 bits per heavy atom. The number of hydrogen-bond acceptors (Lipinski definition) is 2. The normalized spacial score (nSPS) is 10.8. The van der Waals surface area contributed by atoms with Crippen molar-refractivity contribution in [2.45, 2.75) is 46.5 Å². The number of nitrogen functional groups attached to an aromatic ring is 1. The minimum absolute atomic E-state index is 0. The first-order chi connectivity index (χ1) is 8.87. The van der Waals surface area contributed by atoms with E-state index in [0.717, 1.165) is 24.9 Å². The van der Waals surface area contributed by atoms with Gasteiger partial charge in [0.25, 0.3) is 0 Å². The molecule has 0 saturated heterocycles. The maximum absolute atomic E-state index is 11.6. The quantitative estimate of drug-likeness (QED) is 0.789. The molecule has 0 bridgehead atoms. The van der Waals surface area contributed by atoms with Crippen LogP contribution in [0.15, 0.2) is 24.3 Å². The Labute approximate surface area is 128 Å². The van der Waals surface area contributed by atoms with Crippen LogP contribution in [0.25, 0.3) is 0 Å². The second-order valence-electron chi connectivity index (χ2n) is 6.26. The first-order valence-electron chi connectivity index (χ1n) is 6.98. The minimum atomic E-state index is 0. The molecule has 3 nitrogen and oxygen atoms in total. The summed E-state index contributed by atoms with van der Waals surface area (Å²) >= 11 is 0. The topological polar surface area (TPSA) is 55.1 Å². The molecule has 0 spiro atoms. The van der Waals surface area contributed by atoms with Crippen molar-refractivity contribution in [3.8, 4) is 0 Å². The van der Waals surface area contributed by atoms with E-state index < -0.39 is 0 Å². The van der Waals surface area contributed by atoms with E-state index in [4.69, 9.17) is 5.73 Å². The lowest BCUT2D eigenvalue weighted by Gasteiger charge is -2.17. The lowest BCUT2D eigenvalue weighted by Crippen LogP contribution is -2.25. The fraction of sp³-hybridized carbons (Fsp3) is 0.562. The third-order valence-corrected chi connectivity index (χ3v) is 3.05. The monoisotopic (exact) mass is 298 g/mol. The van der Waals surface area contributed by atoms with Crippen LogP contribution in [-0.4, -0.2) is 12.5 Å². The highest BCUT2D eigenvalue weighted by Crippen LogP contribution is 2.21. The molecule has 114 valence electrons. The van der Waals surface area contributed by atoms with Gasteiger partial charge in [-0.3, -0.25) is 4.79 Å². The highest BCUT2D eigenvalue weighted by molar-refractivity contribution is 5.85. The number of nitrogens with two attached hydrogens (primary N) is 1. The van der Waals surface area contributed by atoms with Crippen LogP contribution in [0.2, 0.25) is 0 Å². The average Bonchev–Trinajstić information content (AvgIpc) is 2.30. The molecule has 3 N–H and O–H groups in total. The molecular weight excluding hydrogens is 272 g/mol. The molecule has 0 unspecified atom stereocenters. The maximum atomic E-state index is 11.6. The van der Waals surface area contributed by atoms with Gasteiger partial charge in [-0.25, -0.2) is 0 Å². The third-order valence-electron chi connectivity index (χ3n) is 3.05. The number of carbonyl (C=O) groups is 1. The largest absolute Gasteiger partial charge is 0.399 e. The minimum Gasteiger partial charge on any atom is -0.399 e. The Bertz CT molecular complexity index is 396. The van der Waals surface area contributed by atoms with E-state index in [0.29, 0.717) is 18.4 Å². The summed E-state index contributed by atoms with van der Waals surface area (Å²) in [6.07, 6.45) is 3.51. The number of carbonyl (C=O) groups excluding carboxylic acids is 1.